The summed E-state index contributed by atoms with van der Waals surface area (Å²) < 4.78 is 0. The van der Waals surface area contributed by atoms with Gasteiger partial charge < -0.3 is 5.32 Å². The van der Waals surface area contributed by atoms with Crippen LogP contribution in [0, 0.1) is 5.41 Å². The minimum Gasteiger partial charge on any atom is -0.310 e. The number of nitrogens with one attached hydrogen (secondary N) is 1. The number of hydrogen-bond donors (Lipinski definition) is 1. The van der Waals surface area contributed by atoms with Crippen LogP contribution >= 0.6 is 0 Å². The fraction of sp³-hybridized carbons (Fsp3) is 0.833. The summed E-state index contributed by atoms with van der Waals surface area (Å²) in [4.78, 5) is 0. The maximum atomic E-state index is 3.56. The van der Waals surface area contributed by atoms with Crippen molar-refractivity contribution in [2.24, 2.45) is 5.41 Å². The predicted octanol–water partition coefficient (Wildman–Crippen LogP) is 3.12. The van der Waals surface area contributed by atoms with Gasteiger partial charge in [0.2, 0.25) is 0 Å². The molecule has 1 heteroatoms. The van der Waals surface area contributed by atoms with E-state index in [4.69, 9.17) is 0 Å². The van der Waals surface area contributed by atoms with Crippen LogP contribution in [-0.2, 0) is 0 Å². The molecule has 0 aromatic rings. The summed E-state index contributed by atoms with van der Waals surface area (Å²) in [7, 11) is 0. The van der Waals surface area contributed by atoms with Gasteiger partial charge in [-0.3, -0.25) is 0 Å². The van der Waals surface area contributed by atoms with E-state index in [0.717, 1.165) is 12.6 Å². The van der Waals surface area contributed by atoms with Crippen LogP contribution in [0.1, 0.15) is 47.0 Å². The second-order valence-electron chi connectivity index (χ2n) is 5.18. The van der Waals surface area contributed by atoms with E-state index in [1.54, 1.807) is 5.57 Å². The van der Waals surface area contributed by atoms with Crippen molar-refractivity contribution in [2.75, 3.05) is 6.54 Å². The highest BCUT2D eigenvalue weighted by Crippen LogP contribution is 2.21. The Balaban J connectivity index is 2.35. The summed E-state index contributed by atoms with van der Waals surface area (Å²) >= 11 is 0. The topological polar surface area (TPSA) is 12.0 Å². The molecule has 0 saturated heterocycles. The largest absolute Gasteiger partial charge is 0.310 e. The van der Waals surface area contributed by atoms with E-state index in [2.05, 4.69) is 39.1 Å². The Kier molecular flexibility index (Phi) is 3.55. The summed E-state index contributed by atoms with van der Waals surface area (Å²) in [6.07, 6.45) is 6.35. The first-order chi connectivity index (χ1) is 6.01. The molecular weight excluding hydrogens is 158 g/mol. The lowest BCUT2D eigenvalue weighted by Gasteiger charge is -2.16. The zero-order valence-corrected chi connectivity index (χ0v) is 9.48. The molecule has 0 spiro atoms. The van der Waals surface area contributed by atoms with Crippen molar-refractivity contribution in [2.45, 2.75) is 53.0 Å². The molecule has 1 fully saturated rings. The van der Waals surface area contributed by atoms with Gasteiger partial charge in [-0.2, -0.15) is 0 Å². The van der Waals surface area contributed by atoms with Crippen molar-refractivity contribution in [3.63, 3.8) is 0 Å². The molecule has 1 aliphatic rings. The van der Waals surface area contributed by atoms with Gasteiger partial charge >= 0.3 is 0 Å². The molecule has 0 aliphatic heterocycles. The highest BCUT2D eigenvalue weighted by atomic mass is 14.9. The van der Waals surface area contributed by atoms with Crippen LogP contribution < -0.4 is 5.32 Å². The molecule has 1 aliphatic carbocycles. The van der Waals surface area contributed by atoms with Gasteiger partial charge in [-0.15, -0.1) is 0 Å². The van der Waals surface area contributed by atoms with Gasteiger partial charge in [0, 0.05) is 12.6 Å². The summed E-state index contributed by atoms with van der Waals surface area (Å²) in [6, 6.07) is 0.829. The highest BCUT2D eigenvalue weighted by Gasteiger charge is 2.20. The molecule has 0 aromatic heterocycles. The molecule has 0 heterocycles. The number of hydrogen-bond acceptors (Lipinski definition) is 1. The molecule has 0 bridgehead atoms. The molecular formula is C12H23N. The van der Waals surface area contributed by atoms with Crippen LogP contribution in [-0.4, -0.2) is 12.6 Å². The van der Waals surface area contributed by atoms with Crippen LogP contribution in [0.15, 0.2) is 11.6 Å². The third-order valence-corrected chi connectivity index (χ3v) is 2.29. The normalized spacial score (nSPS) is 19.2. The number of rotatable bonds is 4. The van der Waals surface area contributed by atoms with Crippen molar-refractivity contribution < 1.29 is 0 Å². The molecule has 76 valence electrons. The van der Waals surface area contributed by atoms with E-state index >= 15 is 0 Å². The molecule has 1 saturated carbocycles. The van der Waals surface area contributed by atoms with Crippen molar-refractivity contribution in [1.82, 2.24) is 5.32 Å². The van der Waals surface area contributed by atoms with Crippen molar-refractivity contribution in [3.05, 3.63) is 11.6 Å². The fourth-order valence-electron chi connectivity index (χ4n) is 1.45. The fourth-order valence-corrected chi connectivity index (χ4v) is 1.45. The third-order valence-electron chi connectivity index (χ3n) is 2.29. The van der Waals surface area contributed by atoms with Crippen LogP contribution in [0.25, 0.3) is 0 Å². The smallest absolute Gasteiger partial charge is 0.0167 e. The lowest BCUT2D eigenvalue weighted by molar-refractivity contribution is 0.533. The molecule has 13 heavy (non-hydrogen) atoms. The minimum absolute atomic E-state index is 0.330. The van der Waals surface area contributed by atoms with E-state index in [-0.39, 0.29) is 0 Å². The van der Waals surface area contributed by atoms with Gasteiger partial charge in [0.05, 0.1) is 0 Å². The Morgan fingerprint density at radius 1 is 1.38 bits per heavy atom. The first-order valence-electron chi connectivity index (χ1n) is 5.45. The zero-order valence-electron chi connectivity index (χ0n) is 9.48. The summed E-state index contributed by atoms with van der Waals surface area (Å²) in [6.45, 7) is 10.1. The Labute approximate surface area is 82.6 Å². The second kappa shape index (κ2) is 4.28. The monoisotopic (exact) mass is 181 g/mol. The standard InChI is InChI=1S/C12H23N/c1-5-10(8-12(2,3)4)9-13-11-6-7-11/h8,11,13H,5-7,9H2,1-4H3. The SMILES string of the molecule is CCC(=CC(C)(C)C)CNC1CC1. The van der Waals surface area contributed by atoms with Crippen molar-refractivity contribution in [1.29, 1.82) is 0 Å². The van der Waals surface area contributed by atoms with Gasteiger partial charge in [-0.25, -0.2) is 0 Å². The van der Waals surface area contributed by atoms with E-state index in [0.29, 0.717) is 5.41 Å². The average Bonchev–Trinajstić information content (AvgIpc) is 2.78. The zero-order chi connectivity index (χ0) is 9.90. The second-order valence-corrected chi connectivity index (χ2v) is 5.18. The molecule has 1 nitrogen and oxygen atoms in total. The number of allylic oxidation sites excluding steroid dienone is 1. The van der Waals surface area contributed by atoms with E-state index < -0.39 is 0 Å². The van der Waals surface area contributed by atoms with E-state index in [9.17, 15) is 0 Å². The van der Waals surface area contributed by atoms with Gasteiger partial charge in [-0.05, 0) is 24.7 Å². The third kappa shape index (κ3) is 5.09. The minimum atomic E-state index is 0.330. The molecule has 0 atom stereocenters. The molecule has 0 unspecified atom stereocenters. The molecule has 0 aromatic carbocycles. The van der Waals surface area contributed by atoms with Crippen LogP contribution in [0.3, 0.4) is 0 Å². The predicted molar refractivity (Wildman–Crippen MR) is 58.9 cm³/mol. The van der Waals surface area contributed by atoms with Crippen molar-refractivity contribution in [3.8, 4) is 0 Å². The Morgan fingerprint density at radius 2 is 2.00 bits per heavy atom. The quantitative estimate of drug-likeness (QED) is 0.657. The van der Waals surface area contributed by atoms with Gasteiger partial charge in [0.25, 0.3) is 0 Å². The average molecular weight is 181 g/mol. The molecule has 0 radical (unpaired) electrons. The van der Waals surface area contributed by atoms with Crippen LogP contribution in [0.4, 0.5) is 0 Å². The van der Waals surface area contributed by atoms with Crippen LogP contribution in [0.2, 0.25) is 0 Å². The highest BCUT2D eigenvalue weighted by molar-refractivity contribution is 5.09. The summed E-state index contributed by atoms with van der Waals surface area (Å²) in [5.41, 5.74) is 1.88. The van der Waals surface area contributed by atoms with Crippen molar-refractivity contribution >= 4 is 0 Å². The maximum absolute atomic E-state index is 3.56. The Morgan fingerprint density at radius 3 is 2.38 bits per heavy atom. The Hall–Kier alpha value is -0.300. The summed E-state index contributed by atoms with van der Waals surface area (Å²) in [5.74, 6) is 0. The Bertz CT molecular complexity index is 182. The molecule has 1 rings (SSSR count). The van der Waals surface area contributed by atoms with Crippen LogP contribution in [0.5, 0.6) is 0 Å². The van der Waals surface area contributed by atoms with Gasteiger partial charge in [0.15, 0.2) is 0 Å². The summed E-state index contributed by atoms with van der Waals surface area (Å²) in [5, 5.41) is 3.56. The first kappa shape index (κ1) is 10.8. The van der Waals surface area contributed by atoms with E-state index in [1.807, 2.05) is 0 Å². The first-order valence-corrected chi connectivity index (χ1v) is 5.45. The maximum Gasteiger partial charge on any atom is 0.0167 e. The van der Waals surface area contributed by atoms with Gasteiger partial charge in [0.1, 0.15) is 0 Å². The lowest BCUT2D eigenvalue weighted by Crippen LogP contribution is -2.20. The molecule has 1 N–H and O–H groups in total. The molecule has 0 amide bonds. The van der Waals surface area contributed by atoms with Gasteiger partial charge in [-0.1, -0.05) is 39.3 Å². The van der Waals surface area contributed by atoms with E-state index in [1.165, 1.54) is 19.3 Å². The lowest BCUT2D eigenvalue weighted by atomic mass is 9.92.